The summed E-state index contributed by atoms with van der Waals surface area (Å²) in [5.74, 6) is 0. The number of hydrogen-bond donors (Lipinski definition) is 0. The predicted molar refractivity (Wildman–Crippen MR) is 55.7 cm³/mol. The molecule has 0 spiro atoms. The summed E-state index contributed by atoms with van der Waals surface area (Å²) in [6.45, 7) is 2.15. The molecule has 0 amide bonds. The molecule has 0 saturated carbocycles. The quantitative estimate of drug-likeness (QED) is 0.534. The van der Waals surface area contributed by atoms with Gasteiger partial charge in [0.05, 0.1) is 12.2 Å². The fourth-order valence-corrected chi connectivity index (χ4v) is 1.75. The summed E-state index contributed by atoms with van der Waals surface area (Å²) in [6, 6.07) is 0. The Hall–Kier alpha value is 0.180. The van der Waals surface area contributed by atoms with E-state index in [1.165, 1.54) is 12.8 Å². The van der Waals surface area contributed by atoms with E-state index in [2.05, 4.69) is 35.0 Å². The van der Waals surface area contributed by atoms with Crippen LogP contribution in [0.4, 0.5) is 0 Å². The summed E-state index contributed by atoms with van der Waals surface area (Å²) >= 11 is 3.39. The molecule has 1 heterocycles. The lowest BCUT2D eigenvalue weighted by Crippen LogP contribution is -2.06. The van der Waals surface area contributed by atoms with Crippen LogP contribution in [-0.4, -0.2) is 17.5 Å². The molecular weight excluding hydrogens is 216 g/mol. The number of allylic oxidation sites excluding steroid dienone is 1. The van der Waals surface area contributed by atoms with Crippen molar-refractivity contribution in [3.63, 3.8) is 0 Å². The monoisotopic (exact) mass is 232 g/mol. The smallest absolute Gasteiger partial charge is 0.0614 e. The van der Waals surface area contributed by atoms with Gasteiger partial charge in [-0.15, -0.1) is 0 Å². The van der Waals surface area contributed by atoms with Crippen LogP contribution >= 0.6 is 15.9 Å². The second kappa shape index (κ2) is 5.76. The normalized spacial score (nSPS) is 30.2. The molecule has 1 nitrogen and oxygen atoms in total. The van der Waals surface area contributed by atoms with Crippen LogP contribution in [0.1, 0.15) is 32.6 Å². The lowest BCUT2D eigenvalue weighted by atomic mass is 10.1. The Kier molecular flexibility index (Phi) is 4.93. The first-order chi connectivity index (χ1) is 5.83. The summed E-state index contributed by atoms with van der Waals surface area (Å²) in [6.07, 6.45) is 10.1. The summed E-state index contributed by atoms with van der Waals surface area (Å²) in [4.78, 5) is 0. The minimum absolute atomic E-state index is 0.486. The van der Waals surface area contributed by atoms with Crippen molar-refractivity contribution in [2.75, 3.05) is 5.33 Å². The van der Waals surface area contributed by atoms with Crippen molar-refractivity contribution >= 4 is 15.9 Å². The summed E-state index contributed by atoms with van der Waals surface area (Å²) < 4.78 is 5.68. The van der Waals surface area contributed by atoms with Crippen LogP contribution < -0.4 is 0 Å². The maximum atomic E-state index is 5.68. The van der Waals surface area contributed by atoms with Crippen LogP contribution in [0, 0.1) is 0 Å². The van der Waals surface area contributed by atoms with Crippen molar-refractivity contribution in [1.29, 1.82) is 0 Å². The van der Waals surface area contributed by atoms with Gasteiger partial charge in [0, 0.05) is 5.33 Å². The number of rotatable bonds is 4. The molecule has 0 aromatic heterocycles. The van der Waals surface area contributed by atoms with Crippen LogP contribution in [0.2, 0.25) is 0 Å². The Morgan fingerprint density at radius 1 is 1.42 bits per heavy atom. The van der Waals surface area contributed by atoms with E-state index in [4.69, 9.17) is 4.74 Å². The summed E-state index contributed by atoms with van der Waals surface area (Å²) in [7, 11) is 0. The topological polar surface area (TPSA) is 9.23 Å². The molecule has 0 bridgehead atoms. The third-order valence-electron chi connectivity index (χ3n) is 2.16. The maximum Gasteiger partial charge on any atom is 0.0614 e. The molecule has 2 unspecified atom stereocenters. The van der Waals surface area contributed by atoms with Crippen molar-refractivity contribution in [3.05, 3.63) is 12.2 Å². The van der Waals surface area contributed by atoms with Crippen LogP contribution in [0.25, 0.3) is 0 Å². The standard InChI is InChI=1S/C10H17BrO/c1-9-6-7-10(12-9)5-3-2-4-8-11/h2-3,9-10H,4-8H2,1H3/b3-2+. The summed E-state index contributed by atoms with van der Waals surface area (Å²) in [5.41, 5.74) is 0. The molecule has 1 rings (SSSR count). The lowest BCUT2D eigenvalue weighted by Gasteiger charge is -2.07. The third kappa shape index (κ3) is 3.72. The van der Waals surface area contributed by atoms with Gasteiger partial charge in [-0.3, -0.25) is 0 Å². The highest BCUT2D eigenvalue weighted by molar-refractivity contribution is 9.09. The number of hydrogen-bond acceptors (Lipinski definition) is 1. The molecule has 0 aromatic rings. The van der Waals surface area contributed by atoms with E-state index in [-0.39, 0.29) is 0 Å². The Morgan fingerprint density at radius 3 is 2.83 bits per heavy atom. The van der Waals surface area contributed by atoms with E-state index in [1.807, 2.05) is 0 Å². The van der Waals surface area contributed by atoms with Crippen LogP contribution in [0.15, 0.2) is 12.2 Å². The predicted octanol–water partition coefficient (Wildman–Crippen LogP) is 3.29. The van der Waals surface area contributed by atoms with Crippen molar-refractivity contribution in [2.24, 2.45) is 0 Å². The zero-order valence-electron chi connectivity index (χ0n) is 7.63. The minimum atomic E-state index is 0.486. The second-order valence-corrected chi connectivity index (χ2v) is 4.12. The molecule has 70 valence electrons. The van der Waals surface area contributed by atoms with Gasteiger partial charge in [-0.1, -0.05) is 28.1 Å². The fraction of sp³-hybridized carbons (Fsp3) is 0.800. The number of alkyl halides is 1. The first-order valence-corrected chi connectivity index (χ1v) is 5.81. The Balaban J connectivity index is 2.07. The average molecular weight is 233 g/mol. The molecule has 0 N–H and O–H groups in total. The van der Waals surface area contributed by atoms with E-state index >= 15 is 0 Å². The molecule has 12 heavy (non-hydrogen) atoms. The van der Waals surface area contributed by atoms with Gasteiger partial charge in [0.15, 0.2) is 0 Å². The van der Waals surface area contributed by atoms with Gasteiger partial charge in [0.1, 0.15) is 0 Å². The highest BCUT2D eigenvalue weighted by Crippen LogP contribution is 2.21. The van der Waals surface area contributed by atoms with Crippen LogP contribution in [-0.2, 0) is 4.74 Å². The first kappa shape index (κ1) is 10.3. The van der Waals surface area contributed by atoms with E-state index < -0.39 is 0 Å². The molecule has 0 aromatic carbocycles. The summed E-state index contributed by atoms with van der Waals surface area (Å²) in [5, 5.41) is 1.06. The Morgan fingerprint density at radius 2 is 2.25 bits per heavy atom. The Bertz CT molecular complexity index is 145. The van der Waals surface area contributed by atoms with Crippen LogP contribution in [0.3, 0.4) is 0 Å². The zero-order chi connectivity index (χ0) is 8.81. The largest absolute Gasteiger partial charge is 0.375 e. The van der Waals surface area contributed by atoms with E-state index in [0.717, 1.165) is 18.2 Å². The van der Waals surface area contributed by atoms with Gasteiger partial charge in [-0.05, 0) is 32.6 Å². The molecule has 2 atom stereocenters. The lowest BCUT2D eigenvalue weighted by molar-refractivity contribution is 0.0579. The second-order valence-electron chi connectivity index (χ2n) is 3.33. The molecule has 1 aliphatic heterocycles. The average Bonchev–Trinajstić information content (AvgIpc) is 2.45. The van der Waals surface area contributed by atoms with Crippen molar-refractivity contribution in [2.45, 2.75) is 44.8 Å². The van der Waals surface area contributed by atoms with E-state index in [1.54, 1.807) is 0 Å². The van der Waals surface area contributed by atoms with E-state index in [9.17, 15) is 0 Å². The van der Waals surface area contributed by atoms with E-state index in [0.29, 0.717) is 12.2 Å². The Labute approximate surface area is 83.3 Å². The van der Waals surface area contributed by atoms with Gasteiger partial charge in [0.2, 0.25) is 0 Å². The molecule has 1 aliphatic rings. The highest BCUT2D eigenvalue weighted by Gasteiger charge is 2.19. The van der Waals surface area contributed by atoms with Gasteiger partial charge in [-0.25, -0.2) is 0 Å². The third-order valence-corrected chi connectivity index (χ3v) is 2.62. The molecule has 1 saturated heterocycles. The minimum Gasteiger partial charge on any atom is -0.375 e. The molecule has 0 radical (unpaired) electrons. The van der Waals surface area contributed by atoms with Gasteiger partial charge in [-0.2, -0.15) is 0 Å². The zero-order valence-corrected chi connectivity index (χ0v) is 9.22. The first-order valence-electron chi connectivity index (χ1n) is 4.69. The maximum absolute atomic E-state index is 5.68. The molecule has 0 aliphatic carbocycles. The van der Waals surface area contributed by atoms with Crippen LogP contribution in [0.5, 0.6) is 0 Å². The molecular formula is C10H17BrO. The van der Waals surface area contributed by atoms with Gasteiger partial charge < -0.3 is 4.74 Å². The highest BCUT2D eigenvalue weighted by atomic mass is 79.9. The van der Waals surface area contributed by atoms with Crippen molar-refractivity contribution < 1.29 is 4.74 Å². The van der Waals surface area contributed by atoms with Gasteiger partial charge >= 0.3 is 0 Å². The van der Waals surface area contributed by atoms with Crippen molar-refractivity contribution in [3.8, 4) is 0 Å². The number of ether oxygens (including phenoxy) is 1. The molecule has 2 heteroatoms. The molecule has 1 fully saturated rings. The van der Waals surface area contributed by atoms with Crippen molar-refractivity contribution in [1.82, 2.24) is 0 Å². The van der Waals surface area contributed by atoms with Gasteiger partial charge in [0.25, 0.3) is 0 Å². The number of halogens is 1. The SMILES string of the molecule is CC1CCC(C/C=C/CCBr)O1. The fourth-order valence-electron chi connectivity index (χ4n) is 1.49.